The highest BCUT2D eigenvalue weighted by Crippen LogP contribution is 2.28. The molecule has 106 valence electrons. The maximum absolute atomic E-state index is 10.2. The molecule has 0 aromatic heterocycles. The molecular weight excluding hydrogens is 240 g/mol. The zero-order valence-electron chi connectivity index (χ0n) is 11.8. The summed E-state index contributed by atoms with van der Waals surface area (Å²) in [6.45, 7) is 2.64. The molecule has 1 saturated carbocycles. The second-order valence-corrected chi connectivity index (χ2v) is 5.47. The fraction of sp³-hybridized carbons (Fsp3) is 0.625. The minimum absolute atomic E-state index is 0.306. The Balaban J connectivity index is 1.85. The van der Waals surface area contributed by atoms with Gasteiger partial charge in [0.1, 0.15) is 11.9 Å². The third-order valence-corrected chi connectivity index (χ3v) is 3.95. The van der Waals surface area contributed by atoms with Gasteiger partial charge >= 0.3 is 0 Å². The summed E-state index contributed by atoms with van der Waals surface area (Å²) in [4.78, 5) is 0. The minimum Gasteiger partial charge on any atom is -0.496 e. The summed E-state index contributed by atoms with van der Waals surface area (Å²) in [6.07, 6.45) is 4.38. The summed E-state index contributed by atoms with van der Waals surface area (Å²) in [5.74, 6) is 1.54. The van der Waals surface area contributed by atoms with Crippen LogP contribution in [0.3, 0.4) is 0 Å². The molecule has 0 aliphatic heterocycles. The summed E-state index contributed by atoms with van der Waals surface area (Å²) >= 11 is 0. The van der Waals surface area contributed by atoms with Gasteiger partial charge in [0.25, 0.3) is 0 Å². The molecule has 0 spiro atoms. The Morgan fingerprint density at radius 2 is 1.89 bits per heavy atom. The predicted molar refractivity (Wildman–Crippen MR) is 75.3 cm³/mol. The highest BCUT2D eigenvalue weighted by molar-refractivity contribution is 5.34. The third kappa shape index (κ3) is 3.95. The van der Waals surface area contributed by atoms with E-state index in [1.807, 2.05) is 24.3 Å². The van der Waals surface area contributed by atoms with Crippen molar-refractivity contribution >= 4 is 0 Å². The summed E-state index contributed by atoms with van der Waals surface area (Å²) in [5.41, 5.74) is 0.800. The van der Waals surface area contributed by atoms with Crippen molar-refractivity contribution in [1.82, 2.24) is 0 Å². The molecule has 1 fully saturated rings. The van der Waals surface area contributed by atoms with E-state index in [0.29, 0.717) is 12.7 Å². The van der Waals surface area contributed by atoms with Crippen LogP contribution < -0.4 is 4.74 Å². The van der Waals surface area contributed by atoms with Crippen LogP contribution in [0.1, 0.15) is 44.3 Å². The van der Waals surface area contributed by atoms with Gasteiger partial charge in [-0.05, 0) is 37.7 Å². The number of aliphatic hydroxyl groups excluding tert-OH is 1. The maximum Gasteiger partial charge on any atom is 0.124 e. The van der Waals surface area contributed by atoms with Crippen LogP contribution in [0.25, 0.3) is 0 Å². The molecule has 0 saturated heterocycles. The average Bonchev–Trinajstić information content (AvgIpc) is 2.46. The lowest BCUT2D eigenvalue weighted by molar-refractivity contribution is -0.0299. The lowest BCUT2D eigenvalue weighted by Crippen LogP contribution is -2.23. The zero-order chi connectivity index (χ0) is 13.7. The predicted octanol–water partition coefficient (Wildman–Crippen LogP) is 3.32. The fourth-order valence-electron chi connectivity index (χ4n) is 2.65. The number of rotatable bonds is 5. The summed E-state index contributed by atoms with van der Waals surface area (Å²) in [6, 6.07) is 7.55. The van der Waals surface area contributed by atoms with Crippen molar-refractivity contribution in [3.05, 3.63) is 29.8 Å². The molecule has 1 aliphatic carbocycles. The van der Waals surface area contributed by atoms with Crippen molar-refractivity contribution in [1.29, 1.82) is 0 Å². The van der Waals surface area contributed by atoms with Gasteiger partial charge < -0.3 is 14.6 Å². The summed E-state index contributed by atoms with van der Waals surface area (Å²) < 4.78 is 11.1. The van der Waals surface area contributed by atoms with Crippen LogP contribution in [0, 0.1) is 5.92 Å². The lowest BCUT2D eigenvalue weighted by atomic mass is 9.89. The molecule has 1 unspecified atom stereocenters. The van der Waals surface area contributed by atoms with Gasteiger partial charge in [-0.3, -0.25) is 0 Å². The maximum atomic E-state index is 10.2. The molecule has 1 N–H and O–H groups in total. The quantitative estimate of drug-likeness (QED) is 0.886. The summed E-state index contributed by atoms with van der Waals surface area (Å²) in [5, 5.41) is 10.2. The van der Waals surface area contributed by atoms with Gasteiger partial charge in [-0.15, -0.1) is 0 Å². The van der Waals surface area contributed by atoms with Crippen LogP contribution in [0.5, 0.6) is 5.75 Å². The Hall–Kier alpha value is -1.06. The van der Waals surface area contributed by atoms with Crippen LogP contribution in [-0.2, 0) is 4.74 Å². The molecular formula is C16H24O3. The van der Waals surface area contributed by atoms with Crippen molar-refractivity contribution in [2.75, 3.05) is 13.7 Å². The van der Waals surface area contributed by atoms with Crippen molar-refractivity contribution < 1.29 is 14.6 Å². The molecule has 0 amide bonds. The van der Waals surface area contributed by atoms with E-state index in [2.05, 4.69) is 6.92 Å². The number of benzene rings is 1. The van der Waals surface area contributed by atoms with Gasteiger partial charge in [-0.25, -0.2) is 0 Å². The second-order valence-electron chi connectivity index (χ2n) is 5.47. The Morgan fingerprint density at radius 3 is 2.58 bits per heavy atom. The highest BCUT2D eigenvalue weighted by atomic mass is 16.5. The molecule has 1 atom stereocenters. The molecule has 1 aromatic carbocycles. The second kappa shape index (κ2) is 6.92. The van der Waals surface area contributed by atoms with Crippen molar-refractivity contribution in [3.63, 3.8) is 0 Å². The monoisotopic (exact) mass is 264 g/mol. The lowest BCUT2D eigenvalue weighted by Gasteiger charge is -2.27. The van der Waals surface area contributed by atoms with Crippen molar-refractivity contribution in [2.24, 2.45) is 5.92 Å². The Morgan fingerprint density at radius 1 is 1.21 bits per heavy atom. The van der Waals surface area contributed by atoms with Gasteiger partial charge in [0, 0.05) is 5.56 Å². The van der Waals surface area contributed by atoms with E-state index in [-0.39, 0.29) is 0 Å². The number of hydrogen-bond donors (Lipinski definition) is 1. The summed E-state index contributed by atoms with van der Waals surface area (Å²) in [7, 11) is 1.62. The smallest absolute Gasteiger partial charge is 0.124 e. The van der Waals surface area contributed by atoms with Crippen LogP contribution in [0.4, 0.5) is 0 Å². The Labute approximate surface area is 115 Å². The molecule has 0 radical (unpaired) electrons. The first-order valence-corrected chi connectivity index (χ1v) is 7.13. The molecule has 3 heteroatoms. The van der Waals surface area contributed by atoms with Gasteiger partial charge in [-0.1, -0.05) is 25.1 Å². The molecule has 19 heavy (non-hydrogen) atoms. The normalized spacial score (nSPS) is 25.0. The van der Waals surface area contributed by atoms with Gasteiger partial charge in [-0.2, -0.15) is 0 Å². The molecule has 0 heterocycles. The molecule has 2 rings (SSSR count). The van der Waals surface area contributed by atoms with Crippen LogP contribution in [-0.4, -0.2) is 24.9 Å². The number of hydrogen-bond acceptors (Lipinski definition) is 3. The van der Waals surface area contributed by atoms with E-state index < -0.39 is 6.10 Å². The highest BCUT2D eigenvalue weighted by Gasteiger charge is 2.20. The minimum atomic E-state index is -0.615. The van der Waals surface area contributed by atoms with E-state index in [0.717, 1.165) is 30.1 Å². The topological polar surface area (TPSA) is 38.7 Å². The van der Waals surface area contributed by atoms with Crippen LogP contribution >= 0.6 is 0 Å². The molecule has 0 bridgehead atoms. The van der Waals surface area contributed by atoms with E-state index in [1.54, 1.807) is 7.11 Å². The first-order valence-electron chi connectivity index (χ1n) is 7.13. The van der Waals surface area contributed by atoms with E-state index in [9.17, 15) is 5.11 Å². The Kier molecular flexibility index (Phi) is 5.23. The fourth-order valence-corrected chi connectivity index (χ4v) is 2.65. The van der Waals surface area contributed by atoms with Crippen LogP contribution in [0.2, 0.25) is 0 Å². The number of methoxy groups -OCH3 is 1. The first-order chi connectivity index (χ1) is 9.20. The van der Waals surface area contributed by atoms with Gasteiger partial charge in [0.05, 0.1) is 19.8 Å². The van der Waals surface area contributed by atoms with Crippen molar-refractivity contribution in [3.8, 4) is 5.75 Å². The SMILES string of the molecule is COc1ccccc1C(O)COC1CCC(C)CC1. The number of aliphatic hydroxyl groups is 1. The number of ether oxygens (including phenoxy) is 2. The molecule has 1 aromatic rings. The van der Waals surface area contributed by atoms with E-state index >= 15 is 0 Å². The Bertz CT molecular complexity index is 383. The number of para-hydroxylation sites is 1. The first kappa shape index (κ1) is 14.4. The zero-order valence-corrected chi connectivity index (χ0v) is 11.8. The van der Waals surface area contributed by atoms with Gasteiger partial charge in [0.2, 0.25) is 0 Å². The van der Waals surface area contributed by atoms with Gasteiger partial charge in [0.15, 0.2) is 0 Å². The molecule has 3 nitrogen and oxygen atoms in total. The van der Waals surface area contributed by atoms with Crippen LogP contribution in [0.15, 0.2) is 24.3 Å². The molecule has 1 aliphatic rings. The third-order valence-electron chi connectivity index (χ3n) is 3.95. The standard InChI is InChI=1S/C16H24O3/c1-12-7-9-13(10-8-12)19-11-15(17)14-5-3-4-6-16(14)18-2/h3-6,12-13,15,17H,7-11H2,1-2H3. The average molecular weight is 264 g/mol. The van der Waals surface area contributed by atoms with Crippen molar-refractivity contribution in [2.45, 2.75) is 44.8 Å². The van der Waals surface area contributed by atoms with E-state index in [1.165, 1.54) is 12.8 Å². The largest absolute Gasteiger partial charge is 0.496 e. The van der Waals surface area contributed by atoms with E-state index in [4.69, 9.17) is 9.47 Å².